The van der Waals surface area contributed by atoms with Crippen LogP contribution in [0.4, 0.5) is 0 Å². The number of aromatic nitrogens is 2. The number of benzene rings is 1. The Morgan fingerprint density at radius 2 is 1.86 bits per heavy atom. The van der Waals surface area contributed by atoms with Gasteiger partial charge < -0.3 is 8.94 Å². The third kappa shape index (κ3) is 3.43. The van der Waals surface area contributed by atoms with E-state index in [2.05, 4.69) is 53.2 Å². The molecule has 22 heavy (non-hydrogen) atoms. The van der Waals surface area contributed by atoms with Crippen molar-refractivity contribution in [3.8, 4) is 11.6 Å². The van der Waals surface area contributed by atoms with Gasteiger partial charge in [0, 0.05) is 12.6 Å². The number of hydrogen-bond acceptors (Lipinski definition) is 5. The number of hydrogen-bond donors (Lipinski definition) is 0. The summed E-state index contributed by atoms with van der Waals surface area (Å²) in [6, 6.07) is 14.4. The topological polar surface area (TPSA) is 55.3 Å². The number of furan rings is 1. The van der Waals surface area contributed by atoms with Crippen LogP contribution in [-0.4, -0.2) is 21.1 Å². The Kier molecular flexibility index (Phi) is 4.34. The fourth-order valence-corrected chi connectivity index (χ4v) is 2.24. The van der Waals surface area contributed by atoms with Crippen LogP contribution in [0.1, 0.15) is 25.3 Å². The lowest BCUT2D eigenvalue weighted by Crippen LogP contribution is -2.29. The van der Waals surface area contributed by atoms with Gasteiger partial charge >= 0.3 is 0 Å². The van der Waals surface area contributed by atoms with E-state index in [0.29, 0.717) is 30.1 Å². The minimum atomic E-state index is 0.374. The van der Waals surface area contributed by atoms with Gasteiger partial charge in [-0.25, -0.2) is 0 Å². The van der Waals surface area contributed by atoms with Crippen molar-refractivity contribution in [2.45, 2.75) is 33.0 Å². The Hall–Kier alpha value is -2.40. The number of rotatable bonds is 6. The molecule has 2 aromatic heterocycles. The molecule has 0 bridgehead atoms. The molecule has 0 saturated carbocycles. The molecule has 0 spiro atoms. The Balaban J connectivity index is 1.71. The van der Waals surface area contributed by atoms with Gasteiger partial charge in [-0.05, 0) is 31.5 Å². The second kappa shape index (κ2) is 6.58. The number of nitrogens with zero attached hydrogens (tertiary/aromatic N) is 3. The maximum atomic E-state index is 5.34. The van der Waals surface area contributed by atoms with Crippen LogP contribution < -0.4 is 0 Å². The molecule has 2 heterocycles. The molecule has 0 N–H and O–H groups in total. The molecule has 0 aliphatic heterocycles. The lowest BCUT2D eigenvalue weighted by Gasteiger charge is -2.24. The molecule has 0 fully saturated rings. The third-order valence-electron chi connectivity index (χ3n) is 3.51. The fraction of sp³-hybridized carbons (Fsp3) is 0.294. The molecule has 1 aromatic carbocycles. The summed E-state index contributed by atoms with van der Waals surface area (Å²) < 4.78 is 10.6. The molecule has 114 valence electrons. The SMILES string of the molecule is CC(C)N(Cc1ccccc1)Cc1nc(-c2ccco2)no1. The average Bonchev–Trinajstić information content (AvgIpc) is 3.18. The highest BCUT2D eigenvalue weighted by Gasteiger charge is 2.16. The second-order valence-electron chi connectivity index (χ2n) is 5.47. The van der Waals surface area contributed by atoms with Crippen molar-refractivity contribution < 1.29 is 8.94 Å². The summed E-state index contributed by atoms with van der Waals surface area (Å²) in [5.74, 6) is 1.70. The lowest BCUT2D eigenvalue weighted by atomic mass is 10.2. The molecule has 0 saturated heterocycles. The first-order chi connectivity index (χ1) is 10.7. The fourth-order valence-electron chi connectivity index (χ4n) is 2.24. The standard InChI is InChI=1S/C17H19N3O2/c1-13(2)20(11-14-7-4-3-5-8-14)12-16-18-17(19-22-16)15-9-6-10-21-15/h3-10,13H,11-12H2,1-2H3. The minimum Gasteiger partial charge on any atom is -0.461 e. The Labute approximate surface area is 129 Å². The van der Waals surface area contributed by atoms with Crippen molar-refractivity contribution in [3.63, 3.8) is 0 Å². The molecule has 0 atom stereocenters. The Morgan fingerprint density at radius 3 is 2.55 bits per heavy atom. The van der Waals surface area contributed by atoms with Crippen LogP contribution in [0.15, 0.2) is 57.7 Å². The average molecular weight is 297 g/mol. The summed E-state index contributed by atoms with van der Waals surface area (Å²) in [6.45, 7) is 5.77. The molecule has 3 aromatic rings. The first-order valence-electron chi connectivity index (χ1n) is 7.37. The van der Waals surface area contributed by atoms with E-state index in [1.807, 2.05) is 12.1 Å². The van der Waals surface area contributed by atoms with Crippen molar-refractivity contribution in [3.05, 3.63) is 60.2 Å². The van der Waals surface area contributed by atoms with Crippen LogP contribution in [0.3, 0.4) is 0 Å². The first kappa shape index (κ1) is 14.5. The van der Waals surface area contributed by atoms with Gasteiger partial charge in [0.2, 0.25) is 11.7 Å². The molecule has 5 heteroatoms. The highest BCUT2D eigenvalue weighted by molar-refractivity contribution is 5.44. The molecule has 0 radical (unpaired) electrons. The summed E-state index contributed by atoms with van der Waals surface area (Å²) in [5, 5.41) is 3.97. The molecule has 3 rings (SSSR count). The normalized spacial score (nSPS) is 11.5. The van der Waals surface area contributed by atoms with Gasteiger partial charge in [0.05, 0.1) is 12.8 Å². The zero-order chi connectivity index (χ0) is 15.4. The van der Waals surface area contributed by atoms with Crippen molar-refractivity contribution in [2.75, 3.05) is 0 Å². The largest absolute Gasteiger partial charge is 0.461 e. The smallest absolute Gasteiger partial charge is 0.241 e. The van der Waals surface area contributed by atoms with Gasteiger partial charge in [0.15, 0.2) is 5.76 Å². The van der Waals surface area contributed by atoms with Gasteiger partial charge in [0.1, 0.15) is 0 Å². The van der Waals surface area contributed by atoms with Crippen molar-refractivity contribution >= 4 is 0 Å². The predicted molar refractivity (Wildman–Crippen MR) is 82.8 cm³/mol. The Bertz CT molecular complexity index is 690. The van der Waals surface area contributed by atoms with Gasteiger partial charge in [-0.3, -0.25) is 4.90 Å². The summed E-state index contributed by atoms with van der Waals surface area (Å²) >= 11 is 0. The van der Waals surface area contributed by atoms with Crippen LogP contribution in [0, 0.1) is 0 Å². The van der Waals surface area contributed by atoms with E-state index >= 15 is 0 Å². The monoisotopic (exact) mass is 297 g/mol. The summed E-state index contributed by atoms with van der Waals surface area (Å²) in [4.78, 5) is 6.69. The summed E-state index contributed by atoms with van der Waals surface area (Å²) in [6.07, 6.45) is 1.60. The van der Waals surface area contributed by atoms with Crippen LogP contribution in [0.25, 0.3) is 11.6 Å². The van der Waals surface area contributed by atoms with E-state index in [1.165, 1.54) is 5.56 Å². The minimum absolute atomic E-state index is 0.374. The van der Waals surface area contributed by atoms with Crippen molar-refractivity contribution in [2.24, 2.45) is 0 Å². The van der Waals surface area contributed by atoms with E-state index < -0.39 is 0 Å². The molecule has 0 unspecified atom stereocenters. The first-order valence-corrected chi connectivity index (χ1v) is 7.37. The second-order valence-corrected chi connectivity index (χ2v) is 5.47. The highest BCUT2D eigenvalue weighted by Crippen LogP contribution is 2.18. The molecular weight excluding hydrogens is 278 g/mol. The van der Waals surface area contributed by atoms with Crippen LogP contribution in [0.5, 0.6) is 0 Å². The molecule has 0 aliphatic rings. The van der Waals surface area contributed by atoms with Crippen LogP contribution in [-0.2, 0) is 13.1 Å². The van der Waals surface area contributed by atoms with Crippen LogP contribution >= 0.6 is 0 Å². The predicted octanol–water partition coefficient (Wildman–Crippen LogP) is 3.74. The summed E-state index contributed by atoms with van der Waals surface area (Å²) in [5.41, 5.74) is 1.27. The van der Waals surface area contributed by atoms with Crippen molar-refractivity contribution in [1.29, 1.82) is 0 Å². The zero-order valence-corrected chi connectivity index (χ0v) is 12.8. The van der Waals surface area contributed by atoms with E-state index in [1.54, 1.807) is 12.3 Å². The third-order valence-corrected chi connectivity index (χ3v) is 3.51. The van der Waals surface area contributed by atoms with E-state index in [4.69, 9.17) is 8.94 Å². The maximum absolute atomic E-state index is 5.34. The summed E-state index contributed by atoms with van der Waals surface area (Å²) in [7, 11) is 0. The van der Waals surface area contributed by atoms with Crippen LogP contribution in [0.2, 0.25) is 0 Å². The van der Waals surface area contributed by atoms with Gasteiger partial charge in [-0.15, -0.1) is 0 Å². The lowest BCUT2D eigenvalue weighted by molar-refractivity contribution is 0.176. The van der Waals surface area contributed by atoms with Gasteiger partial charge in [-0.1, -0.05) is 35.5 Å². The molecule has 5 nitrogen and oxygen atoms in total. The molecule has 0 amide bonds. The van der Waals surface area contributed by atoms with E-state index in [9.17, 15) is 0 Å². The Morgan fingerprint density at radius 1 is 1.05 bits per heavy atom. The van der Waals surface area contributed by atoms with E-state index in [0.717, 1.165) is 6.54 Å². The molecule has 0 aliphatic carbocycles. The van der Waals surface area contributed by atoms with E-state index in [-0.39, 0.29) is 0 Å². The maximum Gasteiger partial charge on any atom is 0.241 e. The quantitative estimate of drug-likeness (QED) is 0.693. The highest BCUT2D eigenvalue weighted by atomic mass is 16.5. The van der Waals surface area contributed by atoms with Gasteiger partial charge in [-0.2, -0.15) is 4.98 Å². The van der Waals surface area contributed by atoms with Crippen molar-refractivity contribution in [1.82, 2.24) is 15.0 Å². The zero-order valence-electron chi connectivity index (χ0n) is 12.8. The molecular formula is C17H19N3O2. The van der Waals surface area contributed by atoms with Gasteiger partial charge in [0.25, 0.3) is 0 Å².